The standard InChI is InChI=1S/C18H22FN5O/c1-11-8-20-24(9-11)10-13(3)21-14(4)18-22-17(23-25-18)15-6-5-12(2)16(19)7-15/h5-9,13-14,21H,10H2,1-4H3/t13-,14+/m1/s1. The number of nitrogens with one attached hydrogen (secondary N) is 1. The molecule has 0 unspecified atom stereocenters. The second kappa shape index (κ2) is 7.14. The molecule has 0 bridgehead atoms. The number of halogens is 1. The topological polar surface area (TPSA) is 68.8 Å². The van der Waals surface area contributed by atoms with Gasteiger partial charge >= 0.3 is 0 Å². The molecule has 25 heavy (non-hydrogen) atoms. The normalized spacial score (nSPS) is 13.8. The van der Waals surface area contributed by atoms with Crippen molar-refractivity contribution < 1.29 is 8.91 Å². The molecule has 0 fully saturated rings. The van der Waals surface area contributed by atoms with Gasteiger partial charge in [-0.1, -0.05) is 17.3 Å². The van der Waals surface area contributed by atoms with E-state index in [1.54, 1.807) is 19.1 Å². The Morgan fingerprint density at radius 2 is 2.08 bits per heavy atom. The van der Waals surface area contributed by atoms with Crippen molar-refractivity contribution in [3.05, 3.63) is 53.4 Å². The molecule has 0 saturated heterocycles. The van der Waals surface area contributed by atoms with Crippen LogP contribution in [0.2, 0.25) is 0 Å². The van der Waals surface area contributed by atoms with E-state index in [-0.39, 0.29) is 17.9 Å². The van der Waals surface area contributed by atoms with E-state index in [1.165, 1.54) is 6.07 Å². The molecule has 0 saturated carbocycles. The molecule has 2 atom stereocenters. The Kier molecular flexibility index (Phi) is 4.94. The number of nitrogens with zero attached hydrogens (tertiary/aromatic N) is 4. The average molecular weight is 343 g/mol. The number of benzene rings is 1. The minimum absolute atomic E-state index is 0.122. The molecule has 1 N–H and O–H groups in total. The van der Waals surface area contributed by atoms with E-state index in [0.717, 1.165) is 12.1 Å². The monoisotopic (exact) mass is 343 g/mol. The van der Waals surface area contributed by atoms with E-state index in [9.17, 15) is 4.39 Å². The molecule has 0 spiro atoms. The Bertz CT molecular complexity index is 857. The fraction of sp³-hybridized carbons (Fsp3) is 0.389. The smallest absolute Gasteiger partial charge is 0.243 e. The van der Waals surface area contributed by atoms with Crippen molar-refractivity contribution in [3.8, 4) is 11.4 Å². The van der Waals surface area contributed by atoms with Crippen molar-refractivity contribution in [1.29, 1.82) is 0 Å². The maximum atomic E-state index is 13.7. The molecule has 0 amide bonds. The molecule has 3 rings (SSSR count). The van der Waals surface area contributed by atoms with Gasteiger partial charge in [0.1, 0.15) is 5.82 Å². The highest BCUT2D eigenvalue weighted by molar-refractivity contribution is 5.54. The second-order valence-electron chi connectivity index (χ2n) is 6.45. The predicted molar refractivity (Wildman–Crippen MR) is 92.4 cm³/mol. The predicted octanol–water partition coefficient (Wildman–Crippen LogP) is 3.43. The van der Waals surface area contributed by atoms with Crippen LogP contribution >= 0.6 is 0 Å². The quantitative estimate of drug-likeness (QED) is 0.743. The number of hydrogen-bond donors (Lipinski definition) is 1. The Balaban J connectivity index is 1.65. The summed E-state index contributed by atoms with van der Waals surface area (Å²) in [5.41, 5.74) is 2.32. The van der Waals surface area contributed by atoms with Crippen LogP contribution in [0.4, 0.5) is 4.39 Å². The van der Waals surface area contributed by atoms with E-state index in [0.29, 0.717) is 22.8 Å². The highest BCUT2D eigenvalue weighted by atomic mass is 19.1. The van der Waals surface area contributed by atoms with Crippen LogP contribution in [-0.4, -0.2) is 26.0 Å². The zero-order valence-electron chi connectivity index (χ0n) is 14.8. The number of rotatable bonds is 6. The lowest BCUT2D eigenvalue weighted by atomic mass is 10.1. The molecule has 0 aliphatic carbocycles. The molecule has 0 aliphatic heterocycles. The van der Waals surface area contributed by atoms with Crippen LogP contribution in [0.15, 0.2) is 35.1 Å². The molecule has 0 aliphatic rings. The SMILES string of the molecule is Cc1cnn(C[C@@H](C)N[C@@H](C)c2nc(-c3ccc(C)c(F)c3)no2)c1. The summed E-state index contributed by atoms with van der Waals surface area (Å²) < 4.78 is 20.9. The number of aryl methyl sites for hydroxylation is 2. The summed E-state index contributed by atoms with van der Waals surface area (Å²) in [5, 5.41) is 11.7. The van der Waals surface area contributed by atoms with Crippen molar-refractivity contribution >= 4 is 0 Å². The number of aromatic nitrogens is 4. The van der Waals surface area contributed by atoms with Crippen LogP contribution in [0.5, 0.6) is 0 Å². The van der Waals surface area contributed by atoms with Gasteiger partial charge in [-0.2, -0.15) is 10.1 Å². The summed E-state index contributed by atoms with van der Waals surface area (Å²) in [6.07, 6.45) is 3.83. The highest BCUT2D eigenvalue weighted by Crippen LogP contribution is 2.21. The first-order chi connectivity index (χ1) is 11.9. The Morgan fingerprint density at radius 1 is 1.28 bits per heavy atom. The lowest BCUT2D eigenvalue weighted by Crippen LogP contribution is -2.33. The van der Waals surface area contributed by atoms with E-state index in [2.05, 4.69) is 27.5 Å². The van der Waals surface area contributed by atoms with Crippen LogP contribution in [0, 0.1) is 19.7 Å². The van der Waals surface area contributed by atoms with Crippen LogP contribution in [0.25, 0.3) is 11.4 Å². The third kappa shape index (κ3) is 4.11. The van der Waals surface area contributed by atoms with Gasteiger partial charge in [0.05, 0.1) is 18.8 Å². The van der Waals surface area contributed by atoms with E-state index in [4.69, 9.17) is 4.52 Å². The summed E-state index contributed by atoms with van der Waals surface area (Å²) >= 11 is 0. The maximum Gasteiger partial charge on any atom is 0.243 e. The molecule has 7 heteroatoms. The van der Waals surface area contributed by atoms with Gasteiger partial charge in [0, 0.05) is 17.8 Å². The summed E-state index contributed by atoms with van der Waals surface area (Å²) in [4.78, 5) is 4.39. The fourth-order valence-corrected chi connectivity index (χ4v) is 2.66. The van der Waals surface area contributed by atoms with E-state index >= 15 is 0 Å². The first kappa shape index (κ1) is 17.3. The zero-order chi connectivity index (χ0) is 18.0. The highest BCUT2D eigenvalue weighted by Gasteiger charge is 2.18. The molecule has 132 valence electrons. The van der Waals surface area contributed by atoms with Gasteiger partial charge in [0.2, 0.25) is 11.7 Å². The molecule has 3 aromatic rings. The van der Waals surface area contributed by atoms with E-state index in [1.807, 2.05) is 30.9 Å². The van der Waals surface area contributed by atoms with E-state index < -0.39 is 0 Å². The Morgan fingerprint density at radius 3 is 2.76 bits per heavy atom. The Hall–Kier alpha value is -2.54. The lowest BCUT2D eigenvalue weighted by Gasteiger charge is -2.17. The minimum atomic E-state index is -0.279. The van der Waals surface area contributed by atoms with Crippen molar-refractivity contribution in [2.24, 2.45) is 0 Å². The summed E-state index contributed by atoms with van der Waals surface area (Å²) in [7, 11) is 0. The van der Waals surface area contributed by atoms with Gasteiger partial charge < -0.3 is 9.84 Å². The average Bonchev–Trinajstić information content (AvgIpc) is 3.19. The third-order valence-electron chi connectivity index (χ3n) is 4.00. The lowest BCUT2D eigenvalue weighted by molar-refractivity contribution is 0.316. The summed E-state index contributed by atoms with van der Waals surface area (Å²) in [6, 6.07) is 4.96. The summed E-state index contributed by atoms with van der Waals surface area (Å²) in [5.74, 6) is 0.579. The molecular weight excluding hydrogens is 321 g/mol. The molecule has 2 aromatic heterocycles. The molecule has 6 nitrogen and oxygen atoms in total. The number of hydrogen-bond acceptors (Lipinski definition) is 5. The molecule has 1 aromatic carbocycles. The fourth-order valence-electron chi connectivity index (χ4n) is 2.66. The molecule has 0 radical (unpaired) electrons. The maximum absolute atomic E-state index is 13.7. The van der Waals surface area contributed by atoms with Crippen LogP contribution in [-0.2, 0) is 6.54 Å². The second-order valence-corrected chi connectivity index (χ2v) is 6.45. The van der Waals surface area contributed by atoms with Gasteiger partial charge in [-0.15, -0.1) is 0 Å². The van der Waals surface area contributed by atoms with Gasteiger partial charge in [0.15, 0.2) is 0 Å². The van der Waals surface area contributed by atoms with Crippen molar-refractivity contribution in [1.82, 2.24) is 25.2 Å². The van der Waals surface area contributed by atoms with Crippen LogP contribution < -0.4 is 5.32 Å². The first-order valence-electron chi connectivity index (χ1n) is 8.27. The van der Waals surface area contributed by atoms with Gasteiger partial charge in [-0.05, 0) is 44.9 Å². The van der Waals surface area contributed by atoms with Gasteiger partial charge in [-0.25, -0.2) is 4.39 Å². The van der Waals surface area contributed by atoms with Crippen LogP contribution in [0.1, 0.15) is 36.9 Å². The van der Waals surface area contributed by atoms with Crippen molar-refractivity contribution in [2.45, 2.75) is 46.3 Å². The minimum Gasteiger partial charge on any atom is -0.337 e. The third-order valence-corrected chi connectivity index (χ3v) is 4.00. The van der Waals surface area contributed by atoms with Gasteiger partial charge in [-0.3, -0.25) is 4.68 Å². The first-order valence-corrected chi connectivity index (χ1v) is 8.27. The van der Waals surface area contributed by atoms with Crippen molar-refractivity contribution in [2.75, 3.05) is 0 Å². The van der Waals surface area contributed by atoms with Crippen molar-refractivity contribution in [3.63, 3.8) is 0 Å². The Labute approximate surface area is 146 Å². The zero-order valence-corrected chi connectivity index (χ0v) is 14.8. The summed E-state index contributed by atoms with van der Waals surface area (Å²) in [6.45, 7) is 8.49. The van der Waals surface area contributed by atoms with Gasteiger partial charge in [0.25, 0.3) is 0 Å². The largest absolute Gasteiger partial charge is 0.337 e. The molecular formula is C18H22FN5O. The van der Waals surface area contributed by atoms with Crippen LogP contribution in [0.3, 0.4) is 0 Å². The molecule has 2 heterocycles.